The SMILES string of the molecule is CCC(CC)(CNC1CCCCC1C1CCCN1)SC. The maximum atomic E-state index is 3.98. The van der Waals surface area contributed by atoms with Crippen molar-refractivity contribution >= 4 is 11.8 Å². The largest absolute Gasteiger partial charge is 0.314 e. The van der Waals surface area contributed by atoms with Crippen LogP contribution in [0.2, 0.25) is 0 Å². The Kier molecular flexibility index (Phi) is 6.70. The molecule has 2 N–H and O–H groups in total. The molecule has 2 aliphatic rings. The molecule has 1 heterocycles. The molecule has 1 aliphatic heterocycles. The number of rotatable bonds is 7. The fourth-order valence-electron chi connectivity index (χ4n) is 4.15. The van der Waals surface area contributed by atoms with Gasteiger partial charge in [0.15, 0.2) is 0 Å². The predicted molar refractivity (Wildman–Crippen MR) is 91.6 cm³/mol. The lowest BCUT2D eigenvalue weighted by Crippen LogP contribution is -2.50. The van der Waals surface area contributed by atoms with Crippen LogP contribution in [0, 0.1) is 5.92 Å². The average Bonchev–Trinajstić information content (AvgIpc) is 3.04. The zero-order valence-electron chi connectivity index (χ0n) is 13.7. The maximum Gasteiger partial charge on any atom is 0.0276 e. The average molecular weight is 299 g/mol. The van der Waals surface area contributed by atoms with E-state index >= 15 is 0 Å². The summed E-state index contributed by atoms with van der Waals surface area (Å²) in [6.07, 6.45) is 13.3. The van der Waals surface area contributed by atoms with Gasteiger partial charge in [-0.25, -0.2) is 0 Å². The second-order valence-electron chi connectivity index (χ2n) is 6.73. The summed E-state index contributed by atoms with van der Waals surface area (Å²) in [6.45, 7) is 7.12. The monoisotopic (exact) mass is 298 g/mol. The molecule has 2 nitrogen and oxygen atoms in total. The van der Waals surface area contributed by atoms with Crippen LogP contribution in [-0.2, 0) is 0 Å². The van der Waals surface area contributed by atoms with E-state index in [9.17, 15) is 0 Å². The summed E-state index contributed by atoms with van der Waals surface area (Å²) in [5, 5.41) is 7.73. The molecule has 0 aromatic rings. The first-order valence-corrected chi connectivity index (χ1v) is 9.99. The van der Waals surface area contributed by atoms with Crippen LogP contribution in [0.1, 0.15) is 65.2 Å². The topological polar surface area (TPSA) is 24.1 Å². The van der Waals surface area contributed by atoms with Gasteiger partial charge in [-0.1, -0.05) is 26.7 Å². The van der Waals surface area contributed by atoms with Gasteiger partial charge in [-0.05, 0) is 57.2 Å². The van der Waals surface area contributed by atoms with Crippen molar-refractivity contribution in [3.05, 3.63) is 0 Å². The van der Waals surface area contributed by atoms with Crippen molar-refractivity contribution in [1.29, 1.82) is 0 Å². The number of thioether (sulfide) groups is 1. The fourth-order valence-corrected chi connectivity index (χ4v) is 4.95. The first kappa shape index (κ1) is 16.6. The minimum absolute atomic E-state index is 0.450. The van der Waals surface area contributed by atoms with Gasteiger partial charge in [0.25, 0.3) is 0 Å². The van der Waals surface area contributed by atoms with Crippen molar-refractivity contribution in [3.8, 4) is 0 Å². The lowest BCUT2D eigenvalue weighted by molar-refractivity contribution is 0.210. The van der Waals surface area contributed by atoms with E-state index in [1.807, 2.05) is 0 Å². The van der Waals surface area contributed by atoms with Crippen molar-refractivity contribution in [3.63, 3.8) is 0 Å². The summed E-state index contributed by atoms with van der Waals surface area (Å²) in [5.74, 6) is 0.875. The highest BCUT2D eigenvalue weighted by atomic mass is 32.2. The van der Waals surface area contributed by atoms with Gasteiger partial charge < -0.3 is 10.6 Å². The summed E-state index contributed by atoms with van der Waals surface area (Å²) in [6, 6.07) is 1.55. The smallest absolute Gasteiger partial charge is 0.0276 e. The van der Waals surface area contributed by atoms with E-state index in [0.717, 1.165) is 18.0 Å². The predicted octanol–water partition coefficient (Wildman–Crippen LogP) is 3.81. The van der Waals surface area contributed by atoms with Crippen molar-refractivity contribution in [2.24, 2.45) is 5.92 Å². The van der Waals surface area contributed by atoms with Gasteiger partial charge in [-0.2, -0.15) is 11.8 Å². The molecule has 2 rings (SSSR count). The van der Waals surface area contributed by atoms with Crippen molar-refractivity contribution in [1.82, 2.24) is 10.6 Å². The number of hydrogen-bond donors (Lipinski definition) is 2. The molecule has 0 radical (unpaired) electrons. The summed E-state index contributed by atoms with van der Waals surface area (Å²) in [7, 11) is 0. The Labute approximate surface area is 130 Å². The summed E-state index contributed by atoms with van der Waals surface area (Å²) in [4.78, 5) is 0. The van der Waals surface area contributed by atoms with E-state index in [2.05, 4.69) is 42.5 Å². The number of hydrogen-bond acceptors (Lipinski definition) is 3. The molecule has 3 atom stereocenters. The van der Waals surface area contributed by atoms with E-state index < -0.39 is 0 Å². The van der Waals surface area contributed by atoms with E-state index in [4.69, 9.17) is 0 Å². The molecule has 0 aromatic carbocycles. The maximum absolute atomic E-state index is 3.98. The fraction of sp³-hybridized carbons (Fsp3) is 1.00. The third kappa shape index (κ3) is 3.92. The van der Waals surface area contributed by atoms with Gasteiger partial charge in [0, 0.05) is 23.4 Å². The van der Waals surface area contributed by atoms with E-state index in [1.54, 1.807) is 0 Å². The van der Waals surface area contributed by atoms with Gasteiger partial charge in [-0.15, -0.1) is 0 Å². The van der Waals surface area contributed by atoms with Gasteiger partial charge in [0.1, 0.15) is 0 Å². The molecule has 1 saturated carbocycles. The van der Waals surface area contributed by atoms with Gasteiger partial charge >= 0.3 is 0 Å². The normalized spacial score (nSPS) is 31.6. The molecule has 0 spiro atoms. The minimum Gasteiger partial charge on any atom is -0.314 e. The van der Waals surface area contributed by atoms with Crippen LogP contribution >= 0.6 is 11.8 Å². The molecule has 0 aromatic heterocycles. The standard InChI is InChI=1S/C17H34N2S/c1-4-17(5-2,20-3)13-19-16-10-7-6-9-14(16)15-11-8-12-18-15/h14-16,18-19H,4-13H2,1-3H3. The second-order valence-corrected chi connectivity index (χ2v) is 8.01. The van der Waals surface area contributed by atoms with Gasteiger partial charge in [-0.3, -0.25) is 0 Å². The zero-order valence-corrected chi connectivity index (χ0v) is 14.5. The van der Waals surface area contributed by atoms with E-state index in [-0.39, 0.29) is 0 Å². The molecule has 1 saturated heterocycles. The van der Waals surface area contributed by atoms with Crippen molar-refractivity contribution in [2.45, 2.75) is 82.0 Å². The molecular weight excluding hydrogens is 264 g/mol. The summed E-state index contributed by atoms with van der Waals surface area (Å²) in [5.41, 5.74) is 0. The molecular formula is C17H34N2S. The van der Waals surface area contributed by atoms with Crippen molar-refractivity contribution < 1.29 is 0 Å². The Morgan fingerprint density at radius 1 is 1.10 bits per heavy atom. The molecule has 2 fully saturated rings. The zero-order chi connectivity index (χ0) is 14.4. The first-order chi connectivity index (χ1) is 9.74. The van der Waals surface area contributed by atoms with Crippen LogP contribution in [0.25, 0.3) is 0 Å². The molecule has 0 amide bonds. The van der Waals surface area contributed by atoms with Crippen LogP contribution in [-0.4, -0.2) is 36.2 Å². The first-order valence-electron chi connectivity index (χ1n) is 8.76. The quantitative estimate of drug-likeness (QED) is 0.747. The van der Waals surface area contributed by atoms with Crippen LogP contribution in [0.15, 0.2) is 0 Å². The molecule has 1 aliphatic carbocycles. The number of nitrogens with one attached hydrogen (secondary N) is 2. The van der Waals surface area contributed by atoms with Crippen LogP contribution < -0.4 is 10.6 Å². The van der Waals surface area contributed by atoms with Gasteiger partial charge in [0.05, 0.1) is 0 Å². The highest BCUT2D eigenvalue weighted by Gasteiger charge is 2.34. The third-order valence-electron chi connectivity index (χ3n) is 5.84. The van der Waals surface area contributed by atoms with Gasteiger partial charge in [0.2, 0.25) is 0 Å². The Morgan fingerprint density at radius 2 is 1.85 bits per heavy atom. The Balaban J connectivity index is 1.91. The molecule has 118 valence electrons. The lowest BCUT2D eigenvalue weighted by Gasteiger charge is -2.39. The highest BCUT2D eigenvalue weighted by molar-refractivity contribution is 8.00. The second kappa shape index (κ2) is 8.05. The highest BCUT2D eigenvalue weighted by Crippen LogP contribution is 2.33. The minimum atomic E-state index is 0.450. The lowest BCUT2D eigenvalue weighted by atomic mass is 9.79. The summed E-state index contributed by atoms with van der Waals surface area (Å²) < 4.78 is 0.450. The van der Waals surface area contributed by atoms with Crippen LogP contribution in [0.4, 0.5) is 0 Å². The van der Waals surface area contributed by atoms with Crippen molar-refractivity contribution in [2.75, 3.05) is 19.3 Å². The Bertz CT molecular complexity index is 264. The van der Waals surface area contributed by atoms with Crippen LogP contribution in [0.3, 0.4) is 0 Å². The van der Waals surface area contributed by atoms with E-state index in [0.29, 0.717) is 4.75 Å². The third-order valence-corrected chi connectivity index (χ3v) is 7.43. The Morgan fingerprint density at radius 3 is 2.45 bits per heavy atom. The molecule has 3 heteroatoms. The molecule has 0 bridgehead atoms. The van der Waals surface area contributed by atoms with E-state index in [1.165, 1.54) is 64.5 Å². The summed E-state index contributed by atoms with van der Waals surface area (Å²) >= 11 is 2.06. The molecule has 20 heavy (non-hydrogen) atoms. The molecule has 3 unspecified atom stereocenters. The van der Waals surface area contributed by atoms with Crippen LogP contribution in [0.5, 0.6) is 0 Å². The Hall–Kier alpha value is 0.270.